The maximum atomic E-state index is 11.2. The minimum Gasteiger partial charge on any atom is -0.450 e. The Balaban J connectivity index is 2.37. The predicted molar refractivity (Wildman–Crippen MR) is 50.4 cm³/mol. The summed E-state index contributed by atoms with van der Waals surface area (Å²) in [6, 6.07) is 0. The molecule has 1 fully saturated rings. The first kappa shape index (κ1) is 11.0. The van der Waals surface area contributed by atoms with Gasteiger partial charge in [-0.2, -0.15) is 0 Å². The summed E-state index contributed by atoms with van der Waals surface area (Å²) in [5, 5.41) is 5.47. The van der Waals surface area contributed by atoms with Crippen molar-refractivity contribution in [3.05, 3.63) is 0 Å². The van der Waals surface area contributed by atoms with Gasteiger partial charge in [-0.3, -0.25) is 10.1 Å². The Morgan fingerprint density at radius 2 is 2.21 bits per heavy atom. The first-order valence-corrected chi connectivity index (χ1v) is 4.89. The van der Waals surface area contributed by atoms with Gasteiger partial charge in [0, 0.05) is 0 Å². The van der Waals surface area contributed by atoms with Crippen molar-refractivity contribution >= 4 is 11.9 Å². The maximum absolute atomic E-state index is 11.2. The smallest absolute Gasteiger partial charge is 0.344 e. The summed E-state index contributed by atoms with van der Waals surface area (Å²) in [5.74, 6) is -0.660. The van der Waals surface area contributed by atoms with E-state index in [0.29, 0.717) is 6.54 Å². The van der Waals surface area contributed by atoms with Crippen LogP contribution in [0.2, 0.25) is 0 Å². The van der Waals surface area contributed by atoms with Crippen molar-refractivity contribution < 1.29 is 14.3 Å². The molecule has 5 heteroatoms. The van der Waals surface area contributed by atoms with Crippen molar-refractivity contribution in [3.8, 4) is 0 Å². The maximum Gasteiger partial charge on any atom is 0.344 e. The van der Waals surface area contributed by atoms with Gasteiger partial charge in [-0.05, 0) is 19.9 Å². The highest BCUT2D eigenvalue weighted by Crippen LogP contribution is 2.01. The average molecular weight is 200 g/mol. The number of carbonyl (C=O) groups excluding carboxylic acids is 2. The minimum atomic E-state index is -0.676. The van der Waals surface area contributed by atoms with Gasteiger partial charge >= 0.3 is 5.97 Å². The molecule has 0 radical (unpaired) electrons. The van der Waals surface area contributed by atoms with E-state index in [1.807, 2.05) is 0 Å². The molecular weight excluding hydrogens is 184 g/mol. The van der Waals surface area contributed by atoms with E-state index < -0.39 is 18.2 Å². The van der Waals surface area contributed by atoms with Crippen molar-refractivity contribution in [2.45, 2.75) is 39.0 Å². The van der Waals surface area contributed by atoms with E-state index in [0.717, 1.165) is 12.8 Å². The van der Waals surface area contributed by atoms with Crippen LogP contribution in [-0.2, 0) is 14.3 Å². The number of carbonyl (C=O) groups is 2. The Bertz CT molecular complexity index is 230. The molecule has 0 aromatic carbocycles. The van der Waals surface area contributed by atoms with E-state index >= 15 is 0 Å². The summed E-state index contributed by atoms with van der Waals surface area (Å²) in [4.78, 5) is 22.4. The highest BCUT2D eigenvalue weighted by molar-refractivity contribution is 5.91. The number of amides is 1. The van der Waals surface area contributed by atoms with Crippen LogP contribution < -0.4 is 10.6 Å². The van der Waals surface area contributed by atoms with Gasteiger partial charge < -0.3 is 10.1 Å². The van der Waals surface area contributed by atoms with E-state index in [2.05, 4.69) is 17.6 Å². The van der Waals surface area contributed by atoms with Crippen molar-refractivity contribution in [2.24, 2.45) is 0 Å². The fourth-order valence-corrected chi connectivity index (χ4v) is 1.17. The van der Waals surface area contributed by atoms with E-state index in [1.165, 1.54) is 0 Å². The second-order valence-corrected chi connectivity index (χ2v) is 3.33. The monoisotopic (exact) mass is 200 g/mol. The van der Waals surface area contributed by atoms with Crippen LogP contribution in [0, 0.1) is 0 Å². The van der Waals surface area contributed by atoms with E-state index in [9.17, 15) is 9.59 Å². The molecule has 5 nitrogen and oxygen atoms in total. The molecule has 80 valence electrons. The van der Waals surface area contributed by atoms with Gasteiger partial charge in [0.2, 0.25) is 0 Å². The number of hydrogen-bond donors (Lipinski definition) is 2. The van der Waals surface area contributed by atoms with Crippen LogP contribution in [0.1, 0.15) is 26.7 Å². The Morgan fingerprint density at radius 1 is 1.50 bits per heavy atom. The number of cyclic esters (lactones) is 1. The molecule has 1 rings (SSSR count). The normalized spacial score (nSPS) is 27.0. The average Bonchev–Trinajstić information content (AvgIpc) is 2.14. The second kappa shape index (κ2) is 4.95. The number of unbranched alkanes of at least 4 members (excludes halogenated alkanes) is 1. The molecule has 0 aliphatic carbocycles. The zero-order valence-corrected chi connectivity index (χ0v) is 8.50. The van der Waals surface area contributed by atoms with Gasteiger partial charge in [0.25, 0.3) is 5.91 Å². The summed E-state index contributed by atoms with van der Waals surface area (Å²) in [6.07, 6.45) is 0.658. The fraction of sp³-hybridized carbons (Fsp3) is 0.778. The molecule has 1 aliphatic rings. The molecule has 0 bridgehead atoms. The molecule has 1 aliphatic heterocycles. The van der Waals surface area contributed by atoms with Crippen molar-refractivity contribution in [1.82, 2.24) is 10.6 Å². The highest BCUT2D eigenvalue weighted by Gasteiger charge is 2.32. The third kappa shape index (κ3) is 2.70. The van der Waals surface area contributed by atoms with Crippen LogP contribution in [0.15, 0.2) is 0 Å². The zero-order chi connectivity index (χ0) is 10.6. The van der Waals surface area contributed by atoms with Crippen molar-refractivity contribution in [2.75, 3.05) is 6.54 Å². The van der Waals surface area contributed by atoms with Crippen LogP contribution in [-0.4, -0.2) is 30.7 Å². The van der Waals surface area contributed by atoms with Crippen molar-refractivity contribution in [1.29, 1.82) is 0 Å². The molecule has 14 heavy (non-hydrogen) atoms. The Kier molecular flexibility index (Phi) is 3.88. The summed E-state index contributed by atoms with van der Waals surface area (Å²) >= 11 is 0. The summed E-state index contributed by atoms with van der Waals surface area (Å²) < 4.78 is 4.83. The Morgan fingerprint density at radius 3 is 2.86 bits per heavy atom. The molecule has 2 unspecified atom stereocenters. The lowest BCUT2D eigenvalue weighted by Crippen LogP contribution is -2.59. The Hall–Kier alpha value is -1.10. The van der Waals surface area contributed by atoms with E-state index in [1.54, 1.807) is 6.92 Å². The number of hydrogen-bond acceptors (Lipinski definition) is 4. The summed E-state index contributed by atoms with van der Waals surface area (Å²) in [5.41, 5.74) is 0. The third-order valence-corrected chi connectivity index (χ3v) is 2.06. The molecule has 0 saturated carbocycles. The van der Waals surface area contributed by atoms with Gasteiger partial charge in [-0.25, -0.2) is 4.79 Å². The van der Waals surface area contributed by atoms with Crippen LogP contribution in [0.25, 0.3) is 0 Å². The second-order valence-electron chi connectivity index (χ2n) is 3.33. The van der Waals surface area contributed by atoms with Gasteiger partial charge in [-0.1, -0.05) is 13.3 Å². The number of nitrogens with one attached hydrogen (secondary N) is 2. The van der Waals surface area contributed by atoms with Crippen LogP contribution >= 0.6 is 0 Å². The number of ether oxygens (including phenoxy) is 1. The first-order valence-electron chi connectivity index (χ1n) is 4.89. The minimum absolute atomic E-state index is 0.251. The van der Waals surface area contributed by atoms with Crippen molar-refractivity contribution in [3.63, 3.8) is 0 Å². The zero-order valence-electron chi connectivity index (χ0n) is 8.50. The highest BCUT2D eigenvalue weighted by atomic mass is 16.6. The quantitative estimate of drug-likeness (QED) is 0.485. The molecule has 0 aromatic heterocycles. The summed E-state index contributed by atoms with van der Waals surface area (Å²) in [6.45, 7) is 4.31. The fourth-order valence-electron chi connectivity index (χ4n) is 1.17. The standard InChI is InChI=1S/C9H16N2O3/c1-3-4-5-10-7-9(13)14-6(2)8(12)11-7/h6-7,10H,3-5H2,1-2H3,(H,11,12). The Labute approximate surface area is 83.2 Å². The molecule has 2 N–H and O–H groups in total. The SMILES string of the molecule is CCCCNC1NC(=O)C(C)OC1=O. The predicted octanol–water partition coefficient (Wildman–Crippen LogP) is -0.236. The topological polar surface area (TPSA) is 67.4 Å². The van der Waals surface area contributed by atoms with E-state index in [4.69, 9.17) is 4.74 Å². The molecule has 1 amide bonds. The molecular formula is C9H16N2O3. The van der Waals surface area contributed by atoms with E-state index in [-0.39, 0.29) is 5.91 Å². The largest absolute Gasteiger partial charge is 0.450 e. The summed E-state index contributed by atoms with van der Waals surface area (Å²) in [7, 11) is 0. The molecule has 1 saturated heterocycles. The van der Waals surface area contributed by atoms with Gasteiger partial charge in [0.15, 0.2) is 12.3 Å². The molecule has 0 aromatic rings. The lowest BCUT2D eigenvalue weighted by molar-refractivity contribution is -0.165. The number of esters is 1. The van der Waals surface area contributed by atoms with Gasteiger partial charge in [-0.15, -0.1) is 0 Å². The first-order chi connectivity index (χ1) is 6.65. The number of rotatable bonds is 4. The van der Waals surface area contributed by atoms with Crippen LogP contribution in [0.3, 0.4) is 0 Å². The number of morpholine rings is 1. The molecule has 1 heterocycles. The molecule has 2 atom stereocenters. The van der Waals surface area contributed by atoms with Gasteiger partial charge in [0.05, 0.1) is 0 Å². The molecule has 0 spiro atoms. The lowest BCUT2D eigenvalue weighted by Gasteiger charge is -2.26. The van der Waals surface area contributed by atoms with Crippen LogP contribution in [0.5, 0.6) is 0 Å². The van der Waals surface area contributed by atoms with Crippen LogP contribution in [0.4, 0.5) is 0 Å². The lowest BCUT2D eigenvalue weighted by atomic mass is 10.3. The third-order valence-electron chi connectivity index (χ3n) is 2.06. The van der Waals surface area contributed by atoms with Gasteiger partial charge in [0.1, 0.15) is 0 Å².